The van der Waals surface area contributed by atoms with E-state index in [1.165, 1.54) is 25.7 Å². The molecule has 0 bridgehead atoms. The summed E-state index contributed by atoms with van der Waals surface area (Å²) in [6.07, 6.45) is 10.2. The molecule has 0 saturated heterocycles. The Labute approximate surface area is 173 Å². The van der Waals surface area contributed by atoms with Gasteiger partial charge in [0.05, 0.1) is 12.4 Å². The number of hydrogen-bond donors (Lipinski definition) is 1. The zero-order chi connectivity index (χ0) is 20.1. The topological polar surface area (TPSA) is 54.4 Å². The summed E-state index contributed by atoms with van der Waals surface area (Å²) in [5.41, 5.74) is 0.0549. The number of ketones is 1. The molecule has 9 atom stereocenters. The van der Waals surface area contributed by atoms with E-state index in [4.69, 9.17) is 0 Å². The molecular formula is C22H35FO3S2. The van der Waals surface area contributed by atoms with Gasteiger partial charge in [-0.15, -0.1) is 0 Å². The maximum atomic E-state index is 13.2. The molecule has 3 nitrogen and oxygen atoms in total. The number of carbonyl (C=O) groups excluding carboxylic acids is 1. The molecule has 0 radical (unpaired) electrons. The van der Waals surface area contributed by atoms with Gasteiger partial charge in [-0.05, 0) is 115 Å². The fourth-order valence-electron chi connectivity index (χ4n) is 7.87. The molecule has 1 N–H and O–H groups in total. The number of halogens is 1. The Morgan fingerprint density at radius 1 is 1.14 bits per heavy atom. The van der Waals surface area contributed by atoms with E-state index >= 15 is 0 Å². The molecule has 0 heterocycles. The van der Waals surface area contributed by atoms with Crippen LogP contribution in [0.4, 0.5) is 4.39 Å². The molecule has 0 spiro atoms. The Hall–Kier alpha value is -0.0700. The molecule has 4 aliphatic carbocycles. The summed E-state index contributed by atoms with van der Waals surface area (Å²) >= 11 is 0. The van der Waals surface area contributed by atoms with Crippen LogP contribution in [0.2, 0.25) is 0 Å². The van der Waals surface area contributed by atoms with E-state index in [0.29, 0.717) is 11.8 Å². The molecule has 6 heteroatoms. The molecule has 9 unspecified atom stereocenters. The lowest BCUT2D eigenvalue weighted by Gasteiger charge is -2.56. The lowest BCUT2D eigenvalue weighted by Crippen LogP contribution is -2.49. The van der Waals surface area contributed by atoms with Crippen LogP contribution in [-0.4, -0.2) is 32.8 Å². The van der Waals surface area contributed by atoms with Crippen molar-refractivity contribution in [1.29, 1.82) is 0 Å². The molecule has 4 saturated carbocycles. The second-order valence-electron chi connectivity index (χ2n) is 10.3. The van der Waals surface area contributed by atoms with Crippen molar-refractivity contribution < 1.29 is 17.9 Å². The molecule has 0 aliphatic heterocycles. The van der Waals surface area contributed by atoms with Crippen LogP contribution in [0.5, 0.6) is 0 Å². The van der Waals surface area contributed by atoms with E-state index in [1.54, 1.807) is 0 Å². The Balaban J connectivity index is 1.46. The predicted molar refractivity (Wildman–Crippen MR) is 115 cm³/mol. The van der Waals surface area contributed by atoms with Gasteiger partial charge in [0.1, 0.15) is 14.6 Å². The number of rotatable bonds is 5. The highest BCUT2D eigenvalue weighted by Gasteiger charge is 2.58. The second kappa shape index (κ2) is 7.88. The van der Waals surface area contributed by atoms with Crippen molar-refractivity contribution in [2.45, 2.75) is 64.7 Å². The minimum Gasteiger partial charge on any atom is -0.306 e. The number of alkyl halides is 1. The van der Waals surface area contributed by atoms with Crippen molar-refractivity contribution in [2.24, 2.45) is 46.8 Å². The minimum atomic E-state index is -3.17. The molecule has 0 aromatic carbocycles. The third-order valence-electron chi connectivity index (χ3n) is 9.06. The number of fused-ring (bicyclic) bond motifs is 5. The van der Waals surface area contributed by atoms with Crippen LogP contribution < -0.4 is 0 Å². The predicted octanol–water partition coefficient (Wildman–Crippen LogP) is 5.25. The second-order valence-corrected chi connectivity index (χ2v) is 14.2. The van der Waals surface area contributed by atoms with Gasteiger partial charge in [0.2, 0.25) is 0 Å². The molecule has 4 rings (SSSR count). The maximum Gasteiger partial charge on any atom is 0.147 e. The third kappa shape index (κ3) is 3.82. The average molecular weight is 431 g/mol. The molecule has 4 fully saturated rings. The lowest BCUT2D eigenvalue weighted by atomic mass is 9.49. The van der Waals surface area contributed by atoms with Crippen molar-refractivity contribution >= 4 is 31.3 Å². The largest absolute Gasteiger partial charge is 0.306 e. The maximum absolute atomic E-state index is 13.2. The van der Waals surface area contributed by atoms with Crippen LogP contribution >= 0.6 is 10.8 Å². The first-order valence-electron chi connectivity index (χ1n) is 11.1. The highest BCUT2D eigenvalue weighted by Crippen LogP contribution is 2.64. The van der Waals surface area contributed by atoms with Crippen molar-refractivity contribution in [3.63, 3.8) is 0 Å². The van der Waals surface area contributed by atoms with Crippen LogP contribution in [0.25, 0.3) is 0 Å². The first-order valence-corrected chi connectivity index (χ1v) is 14.2. The quantitative estimate of drug-likeness (QED) is 0.478. The monoisotopic (exact) mass is 430 g/mol. The summed E-state index contributed by atoms with van der Waals surface area (Å²) < 4.78 is 34.1. The van der Waals surface area contributed by atoms with E-state index in [9.17, 15) is 17.9 Å². The zero-order valence-corrected chi connectivity index (χ0v) is 18.6. The van der Waals surface area contributed by atoms with E-state index in [0.717, 1.165) is 66.6 Å². The van der Waals surface area contributed by atoms with Crippen LogP contribution in [0.3, 0.4) is 0 Å². The summed E-state index contributed by atoms with van der Waals surface area (Å²) in [5, 5.41) is 0. The number of carbonyl (C=O) groups is 1. The standard InChI is InChI=1S/C22H35FO3S2/c1-22-10-9-17-16-5-3-14(12-23)11-15(16)4-6-18(17)19(22)7-8-20(22)21(24)13-27-28(2,25)26/h14-20H,2-13H2,1H3,(H,25,26). The summed E-state index contributed by atoms with van der Waals surface area (Å²) in [6.45, 7) is 2.17. The fourth-order valence-corrected chi connectivity index (χ4v) is 9.27. The third-order valence-corrected chi connectivity index (χ3v) is 11.3. The van der Waals surface area contributed by atoms with Gasteiger partial charge in [0.25, 0.3) is 0 Å². The SMILES string of the molecule is C=S(=O)(O)SCC(=O)C1CCC2C3CCC4CC(CF)CCC4C3CCC12C. The highest BCUT2D eigenvalue weighted by atomic mass is 33.1. The number of Topliss-reactive ketones (excluding diaryl/α,β-unsaturated/α-hetero) is 1. The fraction of sp³-hybridized carbons (Fsp3) is 0.909. The minimum absolute atomic E-state index is 0.0349. The van der Waals surface area contributed by atoms with Crippen molar-refractivity contribution in [3.8, 4) is 0 Å². The van der Waals surface area contributed by atoms with Crippen LogP contribution in [-0.2, 0) is 13.6 Å². The molecule has 0 amide bonds. The normalized spacial score (nSPS) is 47.5. The van der Waals surface area contributed by atoms with Crippen LogP contribution in [0.1, 0.15) is 64.7 Å². The summed E-state index contributed by atoms with van der Waals surface area (Å²) in [6, 6.07) is 0. The Morgan fingerprint density at radius 2 is 1.89 bits per heavy atom. The molecule has 0 aromatic heterocycles. The van der Waals surface area contributed by atoms with Gasteiger partial charge in [-0.25, -0.2) is 4.21 Å². The van der Waals surface area contributed by atoms with Gasteiger partial charge >= 0.3 is 0 Å². The molecule has 0 aromatic rings. The average Bonchev–Trinajstić information content (AvgIpc) is 3.02. The Kier molecular flexibility index (Phi) is 5.96. The van der Waals surface area contributed by atoms with E-state index in [2.05, 4.69) is 12.8 Å². The smallest absolute Gasteiger partial charge is 0.147 e. The Morgan fingerprint density at radius 3 is 2.61 bits per heavy atom. The van der Waals surface area contributed by atoms with Gasteiger partial charge in [-0.3, -0.25) is 9.18 Å². The van der Waals surface area contributed by atoms with Gasteiger partial charge in [0, 0.05) is 5.92 Å². The highest BCUT2D eigenvalue weighted by molar-refractivity contribution is 8.73. The summed E-state index contributed by atoms with van der Waals surface area (Å²) in [7, 11) is -2.37. The van der Waals surface area contributed by atoms with Crippen molar-refractivity contribution in [1.82, 2.24) is 0 Å². The molecule has 4 aliphatic rings. The van der Waals surface area contributed by atoms with Crippen LogP contribution in [0, 0.1) is 46.8 Å². The first-order chi connectivity index (χ1) is 13.2. The number of hydrogen-bond acceptors (Lipinski definition) is 3. The van der Waals surface area contributed by atoms with E-state index in [1.807, 2.05) is 0 Å². The van der Waals surface area contributed by atoms with Crippen LogP contribution in [0.15, 0.2) is 0 Å². The van der Waals surface area contributed by atoms with Gasteiger partial charge in [-0.2, -0.15) is 0 Å². The lowest BCUT2D eigenvalue weighted by molar-refractivity contribution is -0.128. The summed E-state index contributed by atoms with van der Waals surface area (Å²) in [4.78, 5) is 12.9. The summed E-state index contributed by atoms with van der Waals surface area (Å²) in [5.74, 6) is 7.45. The van der Waals surface area contributed by atoms with Crippen molar-refractivity contribution in [2.75, 3.05) is 12.4 Å². The van der Waals surface area contributed by atoms with Gasteiger partial charge < -0.3 is 4.55 Å². The van der Waals surface area contributed by atoms with Crippen molar-refractivity contribution in [3.05, 3.63) is 0 Å². The van der Waals surface area contributed by atoms with Gasteiger partial charge in [0.15, 0.2) is 0 Å². The Bertz CT molecular complexity index is 709. The zero-order valence-electron chi connectivity index (χ0n) is 17.0. The van der Waals surface area contributed by atoms with E-state index in [-0.39, 0.29) is 29.5 Å². The van der Waals surface area contributed by atoms with E-state index < -0.39 is 8.83 Å². The molecule has 28 heavy (non-hydrogen) atoms. The van der Waals surface area contributed by atoms with Gasteiger partial charge in [-0.1, -0.05) is 6.92 Å². The molecular weight excluding hydrogens is 395 g/mol. The molecule has 160 valence electrons. The first kappa shape index (κ1) is 21.2.